The molecule has 1 aromatic carbocycles. The van der Waals surface area contributed by atoms with Crippen molar-refractivity contribution in [1.82, 2.24) is 5.32 Å². The predicted octanol–water partition coefficient (Wildman–Crippen LogP) is 2.10. The van der Waals surface area contributed by atoms with E-state index < -0.39 is 0 Å². The van der Waals surface area contributed by atoms with Crippen LogP contribution in [0.3, 0.4) is 0 Å². The van der Waals surface area contributed by atoms with Crippen LogP contribution in [0.2, 0.25) is 0 Å². The minimum Gasteiger partial charge on any atom is -0.366 e. The average Bonchev–Trinajstić information content (AvgIpc) is 2.20. The lowest BCUT2D eigenvalue weighted by molar-refractivity contribution is 0.500. The molecule has 1 saturated heterocycles. The molecule has 1 heterocycles. The zero-order chi connectivity index (χ0) is 10.8. The molecule has 2 nitrogen and oxygen atoms in total. The summed E-state index contributed by atoms with van der Waals surface area (Å²) in [5.41, 5.74) is 4.14. The summed E-state index contributed by atoms with van der Waals surface area (Å²) in [6.07, 6.45) is 0. The Hall–Kier alpha value is -1.02. The van der Waals surface area contributed by atoms with Crippen LogP contribution in [0.15, 0.2) is 18.2 Å². The Bertz CT molecular complexity index is 346. The molecule has 0 aliphatic carbocycles. The number of anilines is 1. The van der Waals surface area contributed by atoms with Crippen LogP contribution < -0.4 is 10.2 Å². The van der Waals surface area contributed by atoms with Gasteiger partial charge in [0, 0.05) is 31.4 Å². The van der Waals surface area contributed by atoms with Gasteiger partial charge in [0.25, 0.3) is 0 Å². The van der Waals surface area contributed by atoms with E-state index in [0.29, 0.717) is 6.04 Å². The lowest BCUT2D eigenvalue weighted by Crippen LogP contribution is -2.50. The molecule has 2 rings (SSSR count). The lowest BCUT2D eigenvalue weighted by Gasteiger charge is -2.36. The molecular weight excluding hydrogens is 184 g/mol. The number of nitrogens with one attached hydrogen (secondary N) is 1. The molecule has 1 aliphatic heterocycles. The summed E-state index contributed by atoms with van der Waals surface area (Å²) in [5, 5.41) is 3.42. The molecule has 1 fully saturated rings. The van der Waals surface area contributed by atoms with Crippen molar-refractivity contribution >= 4 is 5.69 Å². The van der Waals surface area contributed by atoms with Crippen molar-refractivity contribution in [3.63, 3.8) is 0 Å². The maximum atomic E-state index is 3.42. The van der Waals surface area contributed by atoms with Gasteiger partial charge in [0.2, 0.25) is 0 Å². The summed E-state index contributed by atoms with van der Waals surface area (Å²) in [6.45, 7) is 9.94. The first-order valence-corrected chi connectivity index (χ1v) is 5.73. The van der Waals surface area contributed by atoms with Gasteiger partial charge in [0.1, 0.15) is 0 Å². The average molecular weight is 204 g/mol. The van der Waals surface area contributed by atoms with Crippen LogP contribution >= 0.6 is 0 Å². The van der Waals surface area contributed by atoms with Crippen LogP contribution in [-0.2, 0) is 0 Å². The molecule has 0 amide bonds. The van der Waals surface area contributed by atoms with Crippen molar-refractivity contribution in [2.24, 2.45) is 0 Å². The Labute approximate surface area is 92.3 Å². The number of hydrogen-bond donors (Lipinski definition) is 1. The maximum Gasteiger partial charge on any atom is 0.0399 e. The highest BCUT2D eigenvalue weighted by Gasteiger charge is 2.19. The number of rotatable bonds is 1. The summed E-state index contributed by atoms with van der Waals surface area (Å²) >= 11 is 0. The van der Waals surface area contributed by atoms with E-state index in [1.54, 1.807) is 0 Å². The molecule has 0 unspecified atom stereocenters. The Morgan fingerprint density at radius 2 is 2.13 bits per heavy atom. The van der Waals surface area contributed by atoms with E-state index in [0.717, 1.165) is 19.6 Å². The molecule has 15 heavy (non-hydrogen) atoms. The fraction of sp³-hybridized carbons (Fsp3) is 0.538. The summed E-state index contributed by atoms with van der Waals surface area (Å²) in [6, 6.07) is 7.33. The Kier molecular flexibility index (Phi) is 2.96. The van der Waals surface area contributed by atoms with Crippen molar-refractivity contribution < 1.29 is 0 Å². The van der Waals surface area contributed by atoms with Crippen LogP contribution in [0.25, 0.3) is 0 Å². The van der Waals surface area contributed by atoms with Crippen molar-refractivity contribution in [3.05, 3.63) is 29.3 Å². The molecule has 0 bridgehead atoms. The fourth-order valence-corrected chi connectivity index (χ4v) is 2.33. The first kappa shape index (κ1) is 10.5. The van der Waals surface area contributed by atoms with Crippen molar-refractivity contribution in [3.8, 4) is 0 Å². The highest BCUT2D eigenvalue weighted by atomic mass is 15.2. The molecule has 0 aromatic heterocycles. The molecule has 0 saturated carbocycles. The number of hydrogen-bond acceptors (Lipinski definition) is 2. The van der Waals surface area contributed by atoms with Crippen LogP contribution in [-0.4, -0.2) is 25.7 Å². The zero-order valence-electron chi connectivity index (χ0n) is 9.88. The van der Waals surface area contributed by atoms with Gasteiger partial charge in [-0.1, -0.05) is 17.7 Å². The van der Waals surface area contributed by atoms with E-state index in [9.17, 15) is 0 Å². The fourth-order valence-electron chi connectivity index (χ4n) is 2.33. The number of aryl methyl sites for hydroxylation is 2. The van der Waals surface area contributed by atoms with Crippen LogP contribution in [0.5, 0.6) is 0 Å². The topological polar surface area (TPSA) is 15.3 Å². The number of benzene rings is 1. The normalized spacial score (nSPS) is 21.8. The van der Waals surface area contributed by atoms with Crippen molar-refractivity contribution in [2.75, 3.05) is 24.5 Å². The van der Waals surface area contributed by atoms with Gasteiger partial charge in [-0.15, -0.1) is 0 Å². The van der Waals surface area contributed by atoms with Crippen molar-refractivity contribution in [2.45, 2.75) is 26.8 Å². The Balaban J connectivity index is 2.27. The third-order valence-electron chi connectivity index (χ3n) is 3.16. The second kappa shape index (κ2) is 4.23. The highest BCUT2D eigenvalue weighted by Crippen LogP contribution is 2.23. The molecule has 1 aromatic rings. The second-order valence-electron chi connectivity index (χ2n) is 4.54. The van der Waals surface area contributed by atoms with Crippen molar-refractivity contribution in [1.29, 1.82) is 0 Å². The first-order chi connectivity index (χ1) is 7.18. The van der Waals surface area contributed by atoms with Gasteiger partial charge in [0.05, 0.1) is 0 Å². The molecule has 0 spiro atoms. The summed E-state index contributed by atoms with van der Waals surface area (Å²) < 4.78 is 0. The van der Waals surface area contributed by atoms with Gasteiger partial charge in [-0.2, -0.15) is 0 Å². The molecule has 0 radical (unpaired) electrons. The largest absolute Gasteiger partial charge is 0.366 e. The predicted molar refractivity (Wildman–Crippen MR) is 65.6 cm³/mol. The van der Waals surface area contributed by atoms with E-state index in [-0.39, 0.29) is 0 Å². The highest BCUT2D eigenvalue weighted by molar-refractivity contribution is 5.55. The van der Waals surface area contributed by atoms with Gasteiger partial charge >= 0.3 is 0 Å². The first-order valence-electron chi connectivity index (χ1n) is 5.73. The SMILES string of the molecule is Cc1ccc(N2CCNC[C@H]2C)c(C)c1. The molecule has 2 heteroatoms. The monoisotopic (exact) mass is 204 g/mol. The van der Waals surface area contributed by atoms with Crippen LogP contribution in [0.1, 0.15) is 18.1 Å². The smallest absolute Gasteiger partial charge is 0.0399 e. The maximum absolute atomic E-state index is 3.42. The van der Waals surface area contributed by atoms with E-state index in [1.807, 2.05) is 0 Å². The summed E-state index contributed by atoms with van der Waals surface area (Å²) in [7, 11) is 0. The lowest BCUT2D eigenvalue weighted by atomic mass is 10.1. The summed E-state index contributed by atoms with van der Waals surface area (Å²) in [4.78, 5) is 2.51. The van der Waals surface area contributed by atoms with E-state index in [1.165, 1.54) is 16.8 Å². The molecule has 1 N–H and O–H groups in total. The van der Waals surface area contributed by atoms with E-state index in [4.69, 9.17) is 0 Å². The minimum absolute atomic E-state index is 0.597. The third kappa shape index (κ3) is 2.15. The summed E-state index contributed by atoms with van der Waals surface area (Å²) in [5.74, 6) is 0. The van der Waals surface area contributed by atoms with Gasteiger partial charge in [-0.05, 0) is 32.4 Å². The third-order valence-corrected chi connectivity index (χ3v) is 3.16. The Morgan fingerprint density at radius 1 is 1.33 bits per heavy atom. The van der Waals surface area contributed by atoms with Crippen LogP contribution in [0.4, 0.5) is 5.69 Å². The Morgan fingerprint density at radius 3 is 2.80 bits per heavy atom. The van der Waals surface area contributed by atoms with E-state index >= 15 is 0 Å². The zero-order valence-corrected chi connectivity index (χ0v) is 9.88. The van der Waals surface area contributed by atoms with Gasteiger partial charge in [-0.25, -0.2) is 0 Å². The van der Waals surface area contributed by atoms with Gasteiger partial charge < -0.3 is 10.2 Å². The molecule has 1 atom stereocenters. The van der Waals surface area contributed by atoms with E-state index in [2.05, 4.69) is 49.2 Å². The standard InChI is InChI=1S/C13H20N2/c1-10-4-5-13(11(2)8-10)15-7-6-14-9-12(15)3/h4-5,8,12,14H,6-7,9H2,1-3H3/t12-/m1/s1. The molecule has 82 valence electrons. The second-order valence-corrected chi connectivity index (χ2v) is 4.54. The van der Waals surface area contributed by atoms with Crippen LogP contribution in [0, 0.1) is 13.8 Å². The van der Waals surface area contributed by atoms with Gasteiger partial charge in [0.15, 0.2) is 0 Å². The molecular formula is C13H20N2. The van der Waals surface area contributed by atoms with Gasteiger partial charge in [-0.3, -0.25) is 0 Å². The number of nitrogens with zero attached hydrogens (tertiary/aromatic N) is 1. The molecule has 1 aliphatic rings. The minimum atomic E-state index is 0.597. The quantitative estimate of drug-likeness (QED) is 0.753. The number of piperazine rings is 1.